The number of nitrogens with one attached hydrogen (secondary N) is 2. The Morgan fingerprint density at radius 1 is 0.960 bits per heavy atom. The molecule has 2 aromatic carbocycles. The predicted molar refractivity (Wildman–Crippen MR) is 172 cm³/mol. The highest BCUT2D eigenvalue weighted by molar-refractivity contribution is 7.88. The van der Waals surface area contributed by atoms with Crippen LogP contribution in [-0.4, -0.2) is 51.6 Å². The van der Waals surface area contributed by atoms with Crippen LogP contribution in [0.4, 0.5) is 32.0 Å². The van der Waals surface area contributed by atoms with E-state index in [0.29, 0.717) is 28.3 Å². The van der Waals surface area contributed by atoms with Gasteiger partial charge in [0, 0.05) is 23.8 Å². The van der Waals surface area contributed by atoms with Gasteiger partial charge in [0.1, 0.15) is 5.69 Å². The van der Waals surface area contributed by atoms with E-state index in [4.69, 9.17) is 23.2 Å². The fraction of sp³-hybridized carbons (Fsp3) is 0.290. The summed E-state index contributed by atoms with van der Waals surface area (Å²) in [5.74, 6) is -1.40. The van der Waals surface area contributed by atoms with Crippen molar-refractivity contribution in [1.82, 2.24) is 24.4 Å². The Kier molecular flexibility index (Phi) is 10.3. The number of carbonyl (C=O) groups excluding carboxylic acids is 2. The second kappa shape index (κ2) is 13.8. The third kappa shape index (κ3) is 8.75. The second-order valence-electron chi connectivity index (χ2n) is 11.5. The molecule has 19 heteroatoms. The summed E-state index contributed by atoms with van der Waals surface area (Å²) in [4.78, 5) is 31.1. The molecule has 0 bridgehead atoms. The molecule has 266 valence electrons. The van der Waals surface area contributed by atoms with Gasteiger partial charge in [-0.1, -0.05) is 23.2 Å². The van der Waals surface area contributed by atoms with Gasteiger partial charge in [0.15, 0.2) is 5.82 Å². The van der Waals surface area contributed by atoms with E-state index in [0.717, 1.165) is 23.6 Å². The van der Waals surface area contributed by atoms with E-state index < -0.39 is 64.0 Å². The molecule has 0 atom stereocenters. The standard InChI is InChI=1S/C31H26Cl2F6N6O4S/c1-16-8-20(32)12-23(28(46)41-21-5-6-21)26(16)42-29(47)25-13-22(43-45(25)27-24(33)4-3-7-40-27)15-44(50(2,48)49)14-17-9-18(30(34,35)36)11-19(10-17)31(37,38)39/h3-4,7-13,21H,5-6,14-15H2,1-2H3,(H,41,46)(H,42,47). The molecular weight excluding hydrogens is 737 g/mol. The third-order valence-corrected chi connectivity index (χ3v) is 9.15. The number of pyridine rings is 1. The van der Waals surface area contributed by atoms with Gasteiger partial charge in [0.25, 0.3) is 11.8 Å². The molecule has 1 saturated carbocycles. The summed E-state index contributed by atoms with van der Waals surface area (Å²) in [5, 5.41) is 10.0. The number of halogens is 8. The van der Waals surface area contributed by atoms with Gasteiger partial charge in [-0.2, -0.15) is 35.7 Å². The van der Waals surface area contributed by atoms with Crippen molar-refractivity contribution in [3.63, 3.8) is 0 Å². The Hall–Kier alpha value is -4.19. The highest BCUT2D eigenvalue weighted by Crippen LogP contribution is 2.37. The molecule has 50 heavy (non-hydrogen) atoms. The smallest absolute Gasteiger partial charge is 0.349 e. The van der Waals surface area contributed by atoms with Crippen molar-refractivity contribution in [2.45, 2.75) is 51.2 Å². The SMILES string of the molecule is Cc1cc(Cl)cc(C(=O)NC2CC2)c1NC(=O)c1cc(CN(Cc2cc(C(F)(F)F)cc(C(F)(F)F)c2)S(C)(=O)=O)nn1-c1ncccc1Cl. The van der Waals surface area contributed by atoms with Gasteiger partial charge in [0.05, 0.1) is 45.9 Å². The lowest BCUT2D eigenvalue weighted by Gasteiger charge is -2.21. The summed E-state index contributed by atoms with van der Waals surface area (Å²) >= 11 is 12.6. The van der Waals surface area contributed by atoms with E-state index in [1.165, 1.54) is 30.5 Å². The Bertz CT molecular complexity index is 2050. The summed E-state index contributed by atoms with van der Waals surface area (Å²) in [6.45, 7) is 0.00684. The minimum Gasteiger partial charge on any atom is -0.349 e. The van der Waals surface area contributed by atoms with Crippen LogP contribution in [0.2, 0.25) is 10.0 Å². The van der Waals surface area contributed by atoms with E-state index in [9.17, 15) is 44.3 Å². The lowest BCUT2D eigenvalue weighted by Crippen LogP contribution is -2.29. The first-order chi connectivity index (χ1) is 23.2. The molecule has 2 amide bonds. The van der Waals surface area contributed by atoms with Crippen LogP contribution in [0.25, 0.3) is 5.82 Å². The van der Waals surface area contributed by atoms with Crippen LogP contribution in [-0.2, 0) is 35.5 Å². The molecule has 4 aromatic rings. The Morgan fingerprint density at radius 3 is 2.16 bits per heavy atom. The van der Waals surface area contributed by atoms with Crippen LogP contribution >= 0.6 is 23.2 Å². The second-order valence-corrected chi connectivity index (χ2v) is 14.4. The average molecular weight is 764 g/mol. The lowest BCUT2D eigenvalue weighted by molar-refractivity contribution is -0.143. The normalized spacial score (nSPS) is 13.8. The topological polar surface area (TPSA) is 126 Å². The first-order valence-electron chi connectivity index (χ1n) is 14.6. The molecule has 2 heterocycles. The monoisotopic (exact) mass is 762 g/mol. The minimum atomic E-state index is -5.16. The number of hydrogen-bond acceptors (Lipinski definition) is 6. The lowest BCUT2D eigenvalue weighted by atomic mass is 10.0. The summed E-state index contributed by atoms with van der Waals surface area (Å²) in [5.41, 5.74) is -3.63. The van der Waals surface area contributed by atoms with E-state index >= 15 is 0 Å². The van der Waals surface area contributed by atoms with Crippen LogP contribution in [0.3, 0.4) is 0 Å². The van der Waals surface area contributed by atoms with Gasteiger partial charge >= 0.3 is 12.4 Å². The molecule has 0 radical (unpaired) electrons. The van der Waals surface area contributed by atoms with Crippen LogP contribution in [0.15, 0.2) is 54.7 Å². The van der Waals surface area contributed by atoms with Gasteiger partial charge < -0.3 is 10.6 Å². The predicted octanol–water partition coefficient (Wildman–Crippen LogP) is 7.03. The number of nitrogens with zero attached hydrogens (tertiary/aromatic N) is 4. The van der Waals surface area contributed by atoms with Crippen LogP contribution < -0.4 is 10.6 Å². The molecule has 0 unspecified atom stereocenters. The largest absolute Gasteiger partial charge is 0.416 e. The summed E-state index contributed by atoms with van der Waals surface area (Å²) in [7, 11) is -4.31. The molecule has 2 aromatic heterocycles. The van der Waals surface area contributed by atoms with Crippen molar-refractivity contribution in [1.29, 1.82) is 0 Å². The number of aromatic nitrogens is 3. The van der Waals surface area contributed by atoms with Gasteiger partial charge in [0.2, 0.25) is 10.0 Å². The first-order valence-corrected chi connectivity index (χ1v) is 17.2. The van der Waals surface area contributed by atoms with Crippen molar-refractivity contribution in [2.75, 3.05) is 11.6 Å². The fourth-order valence-corrected chi connectivity index (χ4v) is 6.13. The number of hydrogen-bond donors (Lipinski definition) is 2. The number of rotatable bonds is 10. The van der Waals surface area contributed by atoms with Crippen molar-refractivity contribution >= 4 is 50.7 Å². The number of benzene rings is 2. The fourth-order valence-electron chi connectivity index (χ4n) is 4.91. The molecule has 0 spiro atoms. The molecule has 2 N–H and O–H groups in total. The molecule has 1 fully saturated rings. The van der Waals surface area contributed by atoms with Gasteiger partial charge in [-0.3, -0.25) is 9.59 Å². The van der Waals surface area contributed by atoms with Crippen LogP contribution in [0.5, 0.6) is 0 Å². The van der Waals surface area contributed by atoms with Crippen molar-refractivity contribution in [3.05, 3.63) is 104 Å². The Labute approximate surface area is 291 Å². The maximum atomic E-state index is 13.9. The van der Waals surface area contributed by atoms with E-state index in [2.05, 4.69) is 20.7 Å². The molecule has 10 nitrogen and oxygen atoms in total. The molecular formula is C31H26Cl2F6N6O4S. The van der Waals surface area contributed by atoms with Crippen molar-refractivity contribution in [2.24, 2.45) is 0 Å². The Balaban J connectivity index is 1.54. The maximum absolute atomic E-state index is 13.9. The summed E-state index contributed by atoms with van der Waals surface area (Å²) < 4.78 is 108. The van der Waals surface area contributed by atoms with E-state index in [1.54, 1.807) is 6.92 Å². The number of anilines is 1. The quantitative estimate of drug-likeness (QED) is 0.167. The highest BCUT2D eigenvalue weighted by atomic mass is 35.5. The summed E-state index contributed by atoms with van der Waals surface area (Å²) in [6.07, 6.45) is -6.68. The van der Waals surface area contributed by atoms with Gasteiger partial charge in [-0.05, 0) is 79.4 Å². The molecule has 1 aliphatic rings. The van der Waals surface area contributed by atoms with Gasteiger partial charge in [-0.15, -0.1) is 0 Å². The zero-order valence-electron chi connectivity index (χ0n) is 26.0. The molecule has 1 aliphatic carbocycles. The zero-order valence-corrected chi connectivity index (χ0v) is 28.3. The van der Waals surface area contributed by atoms with Gasteiger partial charge in [-0.25, -0.2) is 18.1 Å². The van der Waals surface area contributed by atoms with Crippen LogP contribution in [0, 0.1) is 6.92 Å². The van der Waals surface area contributed by atoms with E-state index in [-0.39, 0.29) is 50.6 Å². The maximum Gasteiger partial charge on any atom is 0.416 e. The number of sulfonamides is 1. The van der Waals surface area contributed by atoms with Crippen molar-refractivity contribution < 1.29 is 44.3 Å². The summed E-state index contributed by atoms with van der Waals surface area (Å²) in [6, 6.07) is 7.73. The minimum absolute atomic E-state index is 0.0191. The third-order valence-electron chi connectivity index (χ3n) is 7.44. The number of aryl methyl sites for hydroxylation is 1. The van der Waals surface area contributed by atoms with E-state index in [1.807, 2.05) is 0 Å². The number of alkyl halides is 6. The molecule has 0 aliphatic heterocycles. The Morgan fingerprint density at radius 2 is 1.60 bits per heavy atom. The number of amides is 2. The first kappa shape index (κ1) is 37.1. The van der Waals surface area contributed by atoms with Crippen molar-refractivity contribution in [3.8, 4) is 5.82 Å². The average Bonchev–Trinajstić information content (AvgIpc) is 3.72. The van der Waals surface area contributed by atoms with Crippen LogP contribution in [0.1, 0.15) is 61.6 Å². The number of carbonyl (C=O) groups is 2. The highest BCUT2D eigenvalue weighted by Gasteiger charge is 2.37. The molecule has 5 rings (SSSR count). The molecule has 0 saturated heterocycles. The zero-order chi connectivity index (χ0) is 36.8.